The van der Waals surface area contributed by atoms with Crippen LogP contribution in [0.4, 0.5) is 5.95 Å². The monoisotopic (exact) mass is 291 g/mol. The Kier molecular flexibility index (Phi) is 2.67. The fourth-order valence-electron chi connectivity index (χ4n) is 1.81. The van der Waals surface area contributed by atoms with Gasteiger partial charge in [0.2, 0.25) is 5.95 Å². The topological polar surface area (TPSA) is 29.9 Å². The van der Waals surface area contributed by atoms with Gasteiger partial charge in [0, 0.05) is 22.4 Å². The number of anilines is 1. The van der Waals surface area contributed by atoms with Gasteiger partial charge in [-0.05, 0) is 44.0 Å². The summed E-state index contributed by atoms with van der Waals surface area (Å²) >= 11 is 3.45. The van der Waals surface area contributed by atoms with E-state index in [9.17, 15) is 0 Å². The standard InChI is InChI=1S/C13H14BrN3/c1-9-8-17(12-6-2-10(14)3-7-12)13(15-9)16-11-4-5-11/h2-3,6-8,11H,4-5H2,1H3,(H,15,16). The molecular formula is C13H14BrN3. The predicted octanol–water partition coefficient (Wildman–Crippen LogP) is 3.52. The third-order valence-corrected chi connectivity index (χ3v) is 3.37. The molecule has 0 atom stereocenters. The first kappa shape index (κ1) is 10.8. The summed E-state index contributed by atoms with van der Waals surface area (Å²) in [6, 6.07) is 8.88. The van der Waals surface area contributed by atoms with Crippen LogP contribution in [0.1, 0.15) is 18.5 Å². The van der Waals surface area contributed by atoms with Crippen molar-refractivity contribution in [3.8, 4) is 5.69 Å². The maximum absolute atomic E-state index is 4.53. The van der Waals surface area contributed by atoms with Crippen LogP contribution in [0.15, 0.2) is 34.9 Å². The van der Waals surface area contributed by atoms with Gasteiger partial charge in [0.25, 0.3) is 0 Å². The number of benzene rings is 1. The van der Waals surface area contributed by atoms with Crippen LogP contribution in [0.5, 0.6) is 0 Å². The van der Waals surface area contributed by atoms with Crippen molar-refractivity contribution in [3.05, 3.63) is 40.6 Å². The second-order valence-electron chi connectivity index (χ2n) is 4.47. The minimum Gasteiger partial charge on any atom is -0.353 e. The first-order chi connectivity index (χ1) is 8.22. The highest BCUT2D eigenvalue weighted by Gasteiger charge is 2.23. The molecule has 0 aliphatic heterocycles. The molecule has 3 nitrogen and oxygen atoms in total. The SMILES string of the molecule is Cc1cn(-c2ccc(Br)cc2)c(NC2CC2)n1. The molecule has 0 saturated heterocycles. The molecule has 88 valence electrons. The van der Waals surface area contributed by atoms with Gasteiger partial charge >= 0.3 is 0 Å². The summed E-state index contributed by atoms with van der Waals surface area (Å²) in [5.74, 6) is 0.951. The van der Waals surface area contributed by atoms with Crippen LogP contribution in [-0.2, 0) is 0 Å². The van der Waals surface area contributed by atoms with E-state index in [4.69, 9.17) is 0 Å². The summed E-state index contributed by atoms with van der Waals surface area (Å²) in [6.45, 7) is 2.02. The Morgan fingerprint density at radius 2 is 2.00 bits per heavy atom. The molecule has 17 heavy (non-hydrogen) atoms. The minimum absolute atomic E-state index is 0.617. The molecule has 4 heteroatoms. The van der Waals surface area contributed by atoms with E-state index in [0.29, 0.717) is 6.04 Å². The average molecular weight is 292 g/mol. The molecule has 0 bridgehead atoms. The summed E-state index contributed by atoms with van der Waals surface area (Å²) in [4.78, 5) is 4.53. The van der Waals surface area contributed by atoms with Gasteiger partial charge < -0.3 is 5.32 Å². The van der Waals surface area contributed by atoms with Crippen LogP contribution in [0.3, 0.4) is 0 Å². The molecule has 0 radical (unpaired) electrons. The summed E-state index contributed by atoms with van der Waals surface area (Å²) < 4.78 is 3.20. The molecule has 1 saturated carbocycles. The highest BCUT2D eigenvalue weighted by Crippen LogP contribution is 2.26. The zero-order valence-electron chi connectivity index (χ0n) is 9.65. The highest BCUT2D eigenvalue weighted by atomic mass is 79.9. The van der Waals surface area contributed by atoms with E-state index >= 15 is 0 Å². The lowest BCUT2D eigenvalue weighted by Gasteiger charge is -2.08. The maximum atomic E-state index is 4.53. The Labute approximate surface area is 109 Å². The van der Waals surface area contributed by atoms with E-state index in [0.717, 1.165) is 21.8 Å². The normalized spacial score (nSPS) is 14.9. The first-order valence-electron chi connectivity index (χ1n) is 5.81. The number of imidazole rings is 1. The van der Waals surface area contributed by atoms with E-state index in [1.807, 2.05) is 19.1 Å². The quantitative estimate of drug-likeness (QED) is 0.938. The number of hydrogen-bond donors (Lipinski definition) is 1. The molecule has 2 aromatic rings. The molecule has 1 aliphatic rings. The molecule has 3 rings (SSSR count). The highest BCUT2D eigenvalue weighted by molar-refractivity contribution is 9.10. The van der Waals surface area contributed by atoms with Crippen LogP contribution in [0.2, 0.25) is 0 Å². The predicted molar refractivity (Wildman–Crippen MR) is 72.6 cm³/mol. The van der Waals surface area contributed by atoms with E-state index in [2.05, 4.69) is 49.1 Å². The molecule has 0 unspecified atom stereocenters. The third kappa shape index (κ3) is 2.36. The van der Waals surface area contributed by atoms with Gasteiger partial charge in [-0.15, -0.1) is 0 Å². The molecule has 0 spiro atoms. The van der Waals surface area contributed by atoms with Crippen LogP contribution in [0.25, 0.3) is 5.69 Å². The number of aromatic nitrogens is 2. The van der Waals surface area contributed by atoms with Gasteiger partial charge in [-0.1, -0.05) is 15.9 Å². The van der Waals surface area contributed by atoms with Crippen molar-refractivity contribution < 1.29 is 0 Å². The van der Waals surface area contributed by atoms with Gasteiger partial charge in [-0.25, -0.2) is 4.98 Å². The van der Waals surface area contributed by atoms with E-state index < -0.39 is 0 Å². The summed E-state index contributed by atoms with van der Waals surface area (Å²) in [6.07, 6.45) is 4.58. The first-order valence-corrected chi connectivity index (χ1v) is 6.60. The second kappa shape index (κ2) is 4.18. The van der Waals surface area contributed by atoms with E-state index in [1.165, 1.54) is 12.8 Å². The second-order valence-corrected chi connectivity index (χ2v) is 5.39. The molecule has 1 N–H and O–H groups in total. The molecule has 1 aliphatic carbocycles. The fraction of sp³-hybridized carbons (Fsp3) is 0.308. The minimum atomic E-state index is 0.617. The molecule has 0 amide bonds. The van der Waals surface area contributed by atoms with Crippen molar-refractivity contribution in [2.45, 2.75) is 25.8 Å². The van der Waals surface area contributed by atoms with Crippen LogP contribution in [0, 0.1) is 6.92 Å². The lowest BCUT2D eigenvalue weighted by atomic mass is 10.3. The average Bonchev–Trinajstić information content (AvgIpc) is 3.03. The lowest BCUT2D eigenvalue weighted by Crippen LogP contribution is -2.07. The number of nitrogens with one attached hydrogen (secondary N) is 1. The van der Waals surface area contributed by atoms with Crippen LogP contribution < -0.4 is 5.32 Å². The Balaban J connectivity index is 1.97. The zero-order valence-corrected chi connectivity index (χ0v) is 11.2. The molecule has 1 heterocycles. The van der Waals surface area contributed by atoms with Crippen molar-refractivity contribution in [1.82, 2.24) is 9.55 Å². The van der Waals surface area contributed by atoms with Gasteiger partial charge in [0.15, 0.2) is 0 Å². The summed E-state index contributed by atoms with van der Waals surface area (Å²) in [7, 11) is 0. The van der Waals surface area contributed by atoms with Gasteiger partial charge in [0.05, 0.1) is 5.69 Å². The number of hydrogen-bond acceptors (Lipinski definition) is 2. The smallest absolute Gasteiger partial charge is 0.207 e. The molecule has 1 aromatic heterocycles. The van der Waals surface area contributed by atoms with Crippen molar-refractivity contribution in [2.24, 2.45) is 0 Å². The van der Waals surface area contributed by atoms with Gasteiger partial charge in [-0.3, -0.25) is 4.57 Å². The van der Waals surface area contributed by atoms with Crippen molar-refractivity contribution in [1.29, 1.82) is 0 Å². The fourth-order valence-corrected chi connectivity index (χ4v) is 2.07. The lowest BCUT2D eigenvalue weighted by molar-refractivity contribution is 1.00. The van der Waals surface area contributed by atoms with Crippen molar-refractivity contribution in [3.63, 3.8) is 0 Å². The Morgan fingerprint density at radius 3 is 2.65 bits per heavy atom. The van der Waals surface area contributed by atoms with E-state index in [-0.39, 0.29) is 0 Å². The zero-order chi connectivity index (χ0) is 11.8. The Morgan fingerprint density at radius 1 is 1.29 bits per heavy atom. The number of aryl methyl sites for hydroxylation is 1. The molecule has 1 fully saturated rings. The largest absolute Gasteiger partial charge is 0.353 e. The molecule has 1 aromatic carbocycles. The summed E-state index contributed by atoms with van der Waals surface area (Å²) in [5, 5.41) is 3.46. The van der Waals surface area contributed by atoms with E-state index in [1.54, 1.807) is 0 Å². The van der Waals surface area contributed by atoms with Gasteiger partial charge in [0.1, 0.15) is 0 Å². The summed E-state index contributed by atoms with van der Waals surface area (Å²) in [5.41, 5.74) is 2.17. The van der Waals surface area contributed by atoms with Crippen molar-refractivity contribution >= 4 is 21.9 Å². The number of nitrogens with zero attached hydrogens (tertiary/aromatic N) is 2. The molecular weight excluding hydrogens is 278 g/mol. The van der Waals surface area contributed by atoms with Crippen LogP contribution >= 0.6 is 15.9 Å². The van der Waals surface area contributed by atoms with Gasteiger partial charge in [-0.2, -0.15) is 0 Å². The number of halogens is 1. The Bertz CT molecular complexity index is 526. The number of rotatable bonds is 3. The maximum Gasteiger partial charge on any atom is 0.207 e. The third-order valence-electron chi connectivity index (χ3n) is 2.84. The van der Waals surface area contributed by atoms with Crippen molar-refractivity contribution in [2.75, 3.05) is 5.32 Å². The Hall–Kier alpha value is -1.29. The van der Waals surface area contributed by atoms with Crippen LogP contribution in [-0.4, -0.2) is 15.6 Å².